The highest BCUT2D eigenvalue weighted by molar-refractivity contribution is 6.06. The van der Waals surface area contributed by atoms with E-state index in [1.165, 1.54) is 0 Å². The SMILES string of the molecule is CCn1ncc2c(C(=O)N3CCNC(C)C3)cc(-c3ccccc3)nc21.Cl.Cl. The Morgan fingerprint density at radius 3 is 2.68 bits per heavy atom. The third-order valence-electron chi connectivity index (χ3n) is 4.86. The van der Waals surface area contributed by atoms with Gasteiger partial charge in [-0.1, -0.05) is 30.3 Å². The number of rotatable bonds is 3. The molecule has 28 heavy (non-hydrogen) atoms. The van der Waals surface area contributed by atoms with Crippen LogP contribution >= 0.6 is 24.8 Å². The Kier molecular flexibility index (Phi) is 7.41. The Hall–Kier alpha value is -2.15. The number of fused-ring (bicyclic) bond motifs is 1. The molecule has 1 aliphatic heterocycles. The van der Waals surface area contributed by atoms with Crippen molar-refractivity contribution in [3.8, 4) is 11.3 Å². The Bertz CT molecular complexity index is 944. The van der Waals surface area contributed by atoms with Gasteiger partial charge in [0.15, 0.2) is 5.65 Å². The summed E-state index contributed by atoms with van der Waals surface area (Å²) in [7, 11) is 0. The van der Waals surface area contributed by atoms with E-state index < -0.39 is 0 Å². The summed E-state index contributed by atoms with van der Waals surface area (Å²) in [4.78, 5) is 20.0. The van der Waals surface area contributed by atoms with Gasteiger partial charge >= 0.3 is 0 Å². The molecule has 0 radical (unpaired) electrons. The summed E-state index contributed by atoms with van der Waals surface area (Å²) < 4.78 is 1.85. The Morgan fingerprint density at radius 1 is 1.25 bits per heavy atom. The second kappa shape index (κ2) is 9.37. The standard InChI is InChI=1S/C20H23N5O.2ClH/c1-3-25-19-17(12-22-25)16(20(26)24-10-9-21-14(2)13-24)11-18(23-19)15-7-5-4-6-8-15;;/h4-8,11-12,14,21H,3,9-10,13H2,1-2H3;2*1H. The number of aromatic nitrogens is 3. The van der Waals surface area contributed by atoms with E-state index in [-0.39, 0.29) is 30.7 Å². The van der Waals surface area contributed by atoms with Crippen molar-refractivity contribution in [2.75, 3.05) is 19.6 Å². The molecule has 0 aliphatic carbocycles. The molecule has 2 aromatic heterocycles. The van der Waals surface area contributed by atoms with Gasteiger partial charge in [-0.3, -0.25) is 4.79 Å². The van der Waals surface area contributed by atoms with Crippen molar-refractivity contribution < 1.29 is 4.79 Å². The van der Waals surface area contributed by atoms with E-state index in [0.717, 1.165) is 35.4 Å². The fourth-order valence-electron chi connectivity index (χ4n) is 3.50. The summed E-state index contributed by atoms with van der Waals surface area (Å²) in [6.07, 6.45) is 1.76. The summed E-state index contributed by atoms with van der Waals surface area (Å²) >= 11 is 0. The molecule has 1 fully saturated rings. The monoisotopic (exact) mass is 421 g/mol. The van der Waals surface area contributed by atoms with Crippen molar-refractivity contribution in [3.05, 3.63) is 48.2 Å². The summed E-state index contributed by atoms with van der Waals surface area (Å²) in [5, 5.41) is 8.63. The fourth-order valence-corrected chi connectivity index (χ4v) is 3.50. The number of benzene rings is 1. The molecular weight excluding hydrogens is 397 g/mol. The lowest BCUT2D eigenvalue weighted by Crippen LogP contribution is -2.51. The normalized spacial score (nSPS) is 16.4. The smallest absolute Gasteiger partial charge is 0.254 e. The van der Waals surface area contributed by atoms with E-state index in [4.69, 9.17) is 4.98 Å². The zero-order valence-electron chi connectivity index (χ0n) is 16.0. The van der Waals surface area contributed by atoms with Crippen LogP contribution in [0.1, 0.15) is 24.2 Å². The molecule has 1 amide bonds. The molecule has 3 aromatic rings. The summed E-state index contributed by atoms with van der Waals surface area (Å²) in [5.41, 5.74) is 3.25. The number of nitrogens with zero attached hydrogens (tertiary/aromatic N) is 4. The molecule has 1 aromatic carbocycles. The molecule has 0 bridgehead atoms. The van der Waals surface area contributed by atoms with Gasteiger partial charge in [0, 0.05) is 37.8 Å². The number of halogens is 2. The zero-order chi connectivity index (χ0) is 18.1. The Balaban J connectivity index is 0.00000140. The van der Waals surface area contributed by atoms with Crippen molar-refractivity contribution in [1.29, 1.82) is 0 Å². The number of aryl methyl sites for hydroxylation is 1. The van der Waals surface area contributed by atoms with Gasteiger partial charge in [0.25, 0.3) is 5.91 Å². The highest BCUT2D eigenvalue weighted by Crippen LogP contribution is 2.26. The Morgan fingerprint density at radius 2 is 2.00 bits per heavy atom. The molecule has 150 valence electrons. The van der Waals surface area contributed by atoms with Gasteiger partial charge in [0.05, 0.1) is 22.8 Å². The number of nitrogens with one attached hydrogen (secondary N) is 1. The maximum Gasteiger partial charge on any atom is 0.254 e. The van der Waals surface area contributed by atoms with E-state index in [0.29, 0.717) is 24.7 Å². The van der Waals surface area contributed by atoms with E-state index in [1.807, 2.05) is 52.9 Å². The van der Waals surface area contributed by atoms with Gasteiger partial charge in [-0.2, -0.15) is 5.10 Å². The fraction of sp³-hybridized carbons (Fsp3) is 0.350. The van der Waals surface area contributed by atoms with Crippen molar-refractivity contribution in [3.63, 3.8) is 0 Å². The predicted molar refractivity (Wildman–Crippen MR) is 117 cm³/mol. The minimum atomic E-state index is 0. The van der Waals surface area contributed by atoms with Gasteiger partial charge in [-0.05, 0) is 19.9 Å². The van der Waals surface area contributed by atoms with Crippen LogP contribution in [-0.4, -0.2) is 51.2 Å². The van der Waals surface area contributed by atoms with Gasteiger partial charge in [-0.15, -0.1) is 24.8 Å². The maximum atomic E-state index is 13.3. The van der Waals surface area contributed by atoms with E-state index in [2.05, 4.69) is 17.3 Å². The Labute approximate surface area is 177 Å². The van der Waals surface area contributed by atoms with Crippen LogP contribution in [0.25, 0.3) is 22.3 Å². The number of carbonyl (C=O) groups is 1. The lowest BCUT2D eigenvalue weighted by Gasteiger charge is -2.32. The van der Waals surface area contributed by atoms with Crippen molar-refractivity contribution in [2.45, 2.75) is 26.4 Å². The molecule has 6 nitrogen and oxygen atoms in total. The van der Waals surface area contributed by atoms with Gasteiger partial charge in [-0.25, -0.2) is 9.67 Å². The molecule has 1 unspecified atom stereocenters. The van der Waals surface area contributed by atoms with Gasteiger partial charge in [0.2, 0.25) is 0 Å². The van der Waals surface area contributed by atoms with Crippen LogP contribution in [0, 0.1) is 0 Å². The van der Waals surface area contributed by atoms with Crippen LogP contribution < -0.4 is 5.32 Å². The van der Waals surface area contributed by atoms with Gasteiger partial charge < -0.3 is 10.2 Å². The second-order valence-electron chi connectivity index (χ2n) is 6.73. The molecule has 1 N–H and O–H groups in total. The topological polar surface area (TPSA) is 63.1 Å². The van der Waals surface area contributed by atoms with Crippen LogP contribution in [0.4, 0.5) is 0 Å². The summed E-state index contributed by atoms with van der Waals surface area (Å²) in [6.45, 7) is 7.10. The van der Waals surface area contributed by atoms with Gasteiger partial charge in [0.1, 0.15) is 0 Å². The molecule has 8 heteroatoms. The zero-order valence-corrected chi connectivity index (χ0v) is 17.6. The molecule has 0 saturated carbocycles. The van der Waals surface area contributed by atoms with Crippen LogP contribution in [0.15, 0.2) is 42.6 Å². The maximum absolute atomic E-state index is 13.3. The third-order valence-corrected chi connectivity index (χ3v) is 4.86. The number of piperazine rings is 1. The van der Waals surface area contributed by atoms with Crippen LogP contribution in [-0.2, 0) is 6.54 Å². The number of carbonyl (C=O) groups excluding carboxylic acids is 1. The van der Waals surface area contributed by atoms with Crippen LogP contribution in [0.5, 0.6) is 0 Å². The molecule has 1 aliphatic rings. The second-order valence-corrected chi connectivity index (χ2v) is 6.73. The van der Waals surface area contributed by atoms with Crippen molar-refractivity contribution >= 4 is 41.8 Å². The van der Waals surface area contributed by atoms with E-state index >= 15 is 0 Å². The minimum absolute atomic E-state index is 0. The van der Waals surface area contributed by atoms with Crippen LogP contribution in [0.3, 0.4) is 0 Å². The molecule has 1 atom stereocenters. The molecule has 4 rings (SSSR count). The third kappa shape index (κ3) is 4.14. The first-order valence-corrected chi connectivity index (χ1v) is 9.12. The number of hydrogen-bond donors (Lipinski definition) is 1. The molecular formula is C20H25Cl2N5O. The highest BCUT2D eigenvalue weighted by atomic mass is 35.5. The van der Waals surface area contributed by atoms with Crippen molar-refractivity contribution in [2.24, 2.45) is 0 Å². The first kappa shape index (κ1) is 22.1. The number of hydrogen-bond acceptors (Lipinski definition) is 4. The molecule has 0 spiro atoms. The largest absolute Gasteiger partial charge is 0.336 e. The first-order valence-electron chi connectivity index (χ1n) is 9.12. The lowest BCUT2D eigenvalue weighted by molar-refractivity contribution is 0.0711. The van der Waals surface area contributed by atoms with E-state index in [9.17, 15) is 4.79 Å². The highest BCUT2D eigenvalue weighted by Gasteiger charge is 2.25. The minimum Gasteiger partial charge on any atom is -0.336 e. The quantitative estimate of drug-likeness (QED) is 0.703. The summed E-state index contributed by atoms with van der Waals surface area (Å²) in [5.74, 6) is 0.0542. The summed E-state index contributed by atoms with van der Waals surface area (Å²) in [6, 6.07) is 12.2. The average molecular weight is 422 g/mol. The first-order chi connectivity index (χ1) is 12.7. The number of pyridine rings is 1. The molecule has 1 saturated heterocycles. The van der Waals surface area contributed by atoms with Crippen LogP contribution in [0.2, 0.25) is 0 Å². The van der Waals surface area contributed by atoms with Crippen molar-refractivity contribution in [1.82, 2.24) is 25.0 Å². The molecule has 3 heterocycles. The predicted octanol–water partition coefficient (Wildman–Crippen LogP) is 3.40. The van der Waals surface area contributed by atoms with E-state index in [1.54, 1.807) is 6.20 Å². The lowest BCUT2D eigenvalue weighted by atomic mass is 10.1. The average Bonchev–Trinajstić information content (AvgIpc) is 3.10. The number of amides is 1.